The van der Waals surface area contributed by atoms with Crippen LogP contribution in [0.4, 0.5) is 0 Å². The van der Waals surface area contributed by atoms with Crippen molar-refractivity contribution in [3.63, 3.8) is 0 Å². The van der Waals surface area contributed by atoms with Crippen molar-refractivity contribution in [2.75, 3.05) is 0 Å². The van der Waals surface area contributed by atoms with E-state index in [1.165, 1.54) is 6.21 Å². The molecule has 2 aromatic carbocycles. The summed E-state index contributed by atoms with van der Waals surface area (Å²) in [4.78, 5) is 2.46. The van der Waals surface area contributed by atoms with Crippen molar-refractivity contribution in [2.24, 2.45) is 5.10 Å². The van der Waals surface area contributed by atoms with Crippen LogP contribution in [0.1, 0.15) is 69.4 Å². The van der Waals surface area contributed by atoms with Crippen molar-refractivity contribution in [2.45, 2.75) is 71.1 Å². The van der Waals surface area contributed by atoms with E-state index in [1.807, 2.05) is 67.5 Å². The first-order chi connectivity index (χ1) is 13.1. The van der Waals surface area contributed by atoms with Crippen molar-refractivity contribution < 1.29 is 13.5 Å². The standard InChI is InChI=1S/C23H32N2O3S/c1-15-9-10-18(11-16(15)2)29(27,28)25-24-14-17-12-19(22(3,4)5)21(26)20(13-17)23(6,7)8/h9-14,25-26H,1-8H3/b24-14+. The van der Waals surface area contributed by atoms with Crippen LogP contribution in [0.25, 0.3) is 0 Å². The zero-order valence-corrected chi connectivity index (χ0v) is 19.4. The Bertz CT molecular complexity index is 1010. The Morgan fingerprint density at radius 1 is 0.897 bits per heavy atom. The quantitative estimate of drug-likeness (QED) is 0.549. The molecule has 0 heterocycles. The van der Waals surface area contributed by atoms with E-state index in [1.54, 1.807) is 18.2 Å². The van der Waals surface area contributed by atoms with Crippen molar-refractivity contribution in [3.05, 3.63) is 58.1 Å². The van der Waals surface area contributed by atoms with Crippen LogP contribution in [0.15, 0.2) is 40.3 Å². The number of nitrogens with one attached hydrogen (secondary N) is 1. The Morgan fingerprint density at radius 2 is 1.41 bits per heavy atom. The molecule has 158 valence electrons. The molecule has 0 aliphatic heterocycles. The number of hydrazone groups is 1. The Kier molecular flexibility index (Phi) is 6.19. The number of rotatable bonds is 4. The molecule has 0 spiro atoms. The number of sulfonamides is 1. The van der Waals surface area contributed by atoms with Crippen LogP contribution in [-0.4, -0.2) is 19.7 Å². The highest BCUT2D eigenvalue weighted by atomic mass is 32.2. The number of hydrogen-bond acceptors (Lipinski definition) is 4. The number of aryl methyl sites for hydroxylation is 2. The summed E-state index contributed by atoms with van der Waals surface area (Å²) in [6.07, 6.45) is 1.47. The van der Waals surface area contributed by atoms with Crippen molar-refractivity contribution >= 4 is 16.2 Å². The molecule has 0 saturated heterocycles. The van der Waals surface area contributed by atoms with E-state index in [4.69, 9.17) is 0 Å². The first kappa shape index (κ1) is 22.9. The van der Waals surface area contributed by atoms with Gasteiger partial charge in [0.25, 0.3) is 10.0 Å². The topological polar surface area (TPSA) is 78.8 Å². The summed E-state index contributed by atoms with van der Waals surface area (Å²) in [5.74, 6) is 0.276. The number of benzene rings is 2. The molecule has 5 nitrogen and oxygen atoms in total. The van der Waals surface area contributed by atoms with Gasteiger partial charge in [-0.2, -0.15) is 13.5 Å². The largest absolute Gasteiger partial charge is 0.507 e. The molecule has 2 N–H and O–H groups in total. The number of phenols is 1. The zero-order valence-electron chi connectivity index (χ0n) is 18.6. The third kappa shape index (κ3) is 5.38. The van der Waals surface area contributed by atoms with Gasteiger partial charge in [0.2, 0.25) is 0 Å². The van der Waals surface area contributed by atoms with E-state index >= 15 is 0 Å². The maximum atomic E-state index is 12.5. The second-order valence-electron chi connectivity index (χ2n) is 9.56. The summed E-state index contributed by atoms with van der Waals surface area (Å²) < 4.78 is 25.1. The van der Waals surface area contributed by atoms with Crippen LogP contribution in [0.3, 0.4) is 0 Å². The van der Waals surface area contributed by atoms with E-state index in [9.17, 15) is 13.5 Å². The zero-order chi connectivity index (χ0) is 22.2. The van der Waals surface area contributed by atoms with Gasteiger partial charge >= 0.3 is 0 Å². The van der Waals surface area contributed by atoms with Crippen LogP contribution in [0, 0.1) is 13.8 Å². The van der Waals surface area contributed by atoms with E-state index in [0.29, 0.717) is 0 Å². The molecule has 29 heavy (non-hydrogen) atoms. The van der Waals surface area contributed by atoms with Gasteiger partial charge in [-0.1, -0.05) is 47.6 Å². The molecule has 6 heteroatoms. The van der Waals surface area contributed by atoms with Crippen LogP contribution in [0.5, 0.6) is 5.75 Å². The summed E-state index contributed by atoms with van der Waals surface area (Å²) in [5.41, 5.74) is 3.70. The summed E-state index contributed by atoms with van der Waals surface area (Å²) >= 11 is 0. The van der Waals surface area contributed by atoms with Gasteiger partial charge in [0, 0.05) is 11.1 Å². The molecule has 0 unspecified atom stereocenters. The fourth-order valence-electron chi connectivity index (χ4n) is 2.98. The number of nitrogens with zero attached hydrogens (tertiary/aromatic N) is 1. The smallest absolute Gasteiger partial charge is 0.276 e. The molecule has 0 aromatic heterocycles. The first-order valence-electron chi connectivity index (χ1n) is 9.63. The maximum absolute atomic E-state index is 12.5. The predicted octanol–water partition coefficient (Wildman–Crippen LogP) is 4.92. The van der Waals surface area contributed by atoms with Gasteiger partial charge in [-0.25, -0.2) is 4.83 Å². The lowest BCUT2D eigenvalue weighted by Crippen LogP contribution is -2.19. The van der Waals surface area contributed by atoms with Gasteiger partial charge in [-0.15, -0.1) is 0 Å². The molecule has 0 aliphatic rings. The van der Waals surface area contributed by atoms with Crippen molar-refractivity contribution in [1.82, 2.24) is 4.83 Å². The maximum Gasteiger partial charge on any atom is 0.276 e. The van der Waals surface area contributed by atoms with Crippen molar-refractivity contribution in [1.29, 1.82) is 0 Å². The molecule has 0 amide bonds. The number of phenolic OH excluding ortho intramolecular Hbond substituents is 1. The lowest BCUT2D eigenvalue weighted by atomic mass is 9.78. The molecule has 0 bridgehead atoms. The molecule has 0 aliphatic carbocycles. The molecule has 0 saturated carbocycles. The number of hydrogen-bond donors (Lipinski definition) is 2. The SMILES string of the molecule is Cc1ccc(S(=O)(=O)N/N=C/c2cc(C(C)(C)C)c(O)c(C(C)(C)C)c2)cc1C. The molecule has 0 atom stereocenters. The molecular formula is C23H32N2O3S. The van der Waals surface area contributed by atoms with E-state index in [0.717, 1.165) is 27.8 Å². The van der Waals surface area contributed by atoms with Crippen LogP contribution < -0.4 is 4.83 Å². The average Bonchev–Trinajstić information content (AvgIpc) is 2.56. The van der Waals surface area contributed by atoms with Crippen molar-refractivity contribution in [3.8, 4) is 5.75 Å². The van der Waals surface area contributed by atoms with Crippen LogP contribution >= 0.6 is 0 Å². The second kappa shape index (κ2) is 7.82. The molecule has 0 radical (unpaired) electrons. The van der Waals surface area contributed by atoms with Gasteiger partial charge < -0.3 is 5.11 Å². The minimum atomic E-state index is -3.75. The third-order valence-corrected chi connectivity index (χ3v) is 6.14. The molecular weight excluding hydrogens is 384 g/mol. The highest BCUT2D eigenvalue weighted by Crippen LogP contribution is 2.39. The third-order valence-electron chi connectivity index (χ3n) is 4.92. The summed E-state index contributed by atoms with van der Waals surface area (Å²) in [5, 5.41) is 14.8. The van der Waals surface area contributed by atoms with Gasteiger partial charge in [0.05, 0.1) is 11.1 Å². The van der Waals surface area contributed by atoms with Crippen LogP contribution in [0.2, 0.25) is 0 Å². The molecule has 0 fully saturated rings. The highest BCUT2D eigenvalue weighted by molar-refractivity contribution is 7.89. The monoisotopic (exact) mass is 416 g/mol. The van der Waals surface area contributed by atoms with E-state index < -0.39 is 10.0 Å². The van der Waals surface area contributed by atoms with Crippen LogP contribution in [-0.2, 0) is 20.9 Å². The van der Waals surface area contributed by atoms with Gasteiger partial charge in [-0.3, -0.25) is 0 Å². The summed E-state index contributed by atoms with van der Waals surface area (Å²) in [6, 6.07) is 8.66. The van der Waals surface area contributed by atoms with E-state index in [-0.39, 0.29) is 21.5 Å². The average molecular weight is 417 g/mol. The second-order valence-corrected chi connectivity index (χ2v) is 11.2. The minimum Gasteiger partial charge on any atom is -0.507 e. The minimum absolute atomic E-state index is 0.175. The van der Waals surface area contributed by atoms with Gasteiger partial charge in [0.15, 0.2) is 0 Å². The normalized spacial score (nSPS) is 13.1. The molecule has 2 aromatic rings. The van der Waals surface area contributed by atoms with Gasteiger partial charge in [0.1, 0.15) is 5.75 Å². The fraction of sp³-hybridized carbons (Fsp3) is 0.435. The van der Waals surface area contributed by atoms with Gasteiger partial charge in [-0.05, 0) is 65.6 Å². The lowest BCUT2D eigenvalue weighted by molar-refractivity contribution is 0.423. The number of aromatic hydroxyl groups is 1. The first-order valence-corrected chi connectivity index (χ1v) is 11.1. The van der Waals surface area contributed by atoms with E-state index in [2.05, 4.69) is 9.93 Å². The summed E-state index contributed by atoms with van der Waals surface area (Å²) in [7, 11) is -3.75. The predicted molar refractivity (Wildman–Crippen MR) is 119 cm³/mol. The highest BCUT2D eigenvalue weighted by Gasteiger charge is 2.26. The molecule has 2 rings (SSSR count). The fourth-order valence-corrected chi connectivity index (χ4v) is 3.85. The Labute approximate surface area is 174 Å². The summed E-state index contributed by atoms with van der Waals surface area (Å²) in [6.45, 7) is 16.0. The Hall–Kier alpha value is -2.34. The Balaban J connectivity index is 2.40. The Morgan fingerprint density at radius 3 is 1.86 bits per heavy atom. The lowest BCUT2D eigenvalue weighted by Gasteiger charge is -2.27.